The van der Waals surface area contributed by atoms with Gasteiger partial charge < -0.3 is 19.9 Å². The molecule has 0 radical (unpaired) electrons. The maximum Gasteiger partial charge on any atom is 0.268 e. The number of aromatic nitrogens is 1. The SMILES string of the molecule is COCCNC(=O)c1cc2cc(NC(=O)CC(C)C)ccc2n1CCC(C)C. The molecule has 1 aromatic heterocycles. The zero-order valence-electron chi connectivity index (χ0n) is 17.7. The maximum atomic E-state index is 12.7. The highest BCUT2D eigenvalue weighted by molar-refractivity contribution is 6.00. The van der Waals surface area contributed by atoms with E-state index in [1.165, 1.54) is 0 Å². The molecular formula is C22H33N3O3. The zero-order valence-corrected chi connectivity index (χ0v) is 17.7. The Labute approximate surface area is 167 Å². The van der Waals surface area contributed by atoms with Crippen LogP contribution in [-0.4, -0.2) is 36.6 Å². The molecule has 0 aliphatic heterocycles. The minimum absolute atomic E-state index is 0.00567. The third-order valence-electron chi connectivity index (χ3n) is 4.53. The number of carbonyl (C=O) groups is 2. The number of nitrogens with zero attached hydrogens (tertiary/aromatic N) is 1. The number of aryl methyl sites for hydroxylation is 1. The van der Waals surface area contributed by atoms with Crippen LogP contribution in [0.2, 0.25) is 0 Å². The van der Waals surface area contributed by atoms with Crippen molar-refractivity contribution in [1.29, 1.82) is 0 Å². The lowest BCUT2D eigenvalue weighted by Crippen LogP contribution is -2.29. The smallest absolute Gasteiger partial charge is 0.268 e. The molecule has 1 aromatic carbocycles. The largest absolute Gasteiger partial charge is 0.383 e. The normalized spacial score (nSPS) is 11.4. The number of hydrogen-bond acceptors (Lipinski definition) is 3. The molecule has 0 saturated heterocycles. The number of benzene rings is 1. The molecule has 0 bridgehead atoms. The van der Waals surface area contributed by atoms with Crippen LogP contribution >= 0.6 is 0 Å². The Kier molecular flexibility index (Phi) is 8.05. The van der Waals surface area contributed by atoms with Crippen molar-refractivity contribution in [3.05, 3.63) is 30.0 Å². The first kappa shape index (κ1) is 22.0. The number of rotatable bonds is 10. The van der Waals surface area contributed by atoms with Gasteiger partial charge in [0.2, 0.25) is 5.91 Å². The first-order valence-electron chi connectivity index (χ1n) is 10.0. The van der Waals surface area contributed by atoms with Gasteiger partial charge in [0.05, 0.1) is 6.61 Å². The second-order valence-corrected chi connectivity index (χ2v) is 8.03. The lowest BCUT2D eigenvalue weighted by atomic mass is 10.1. The van der Waals surface area contributed by atoms with Crippen LogP contribution < -0.4 is 10.6 Å². The van der Waals surface area contributed by atoms with Gasteiger partial charge in [-0.15, -0.1) is 0 Å². The summed E-state index contributed by atoms with van der Waals surface area (Å²) >= 11 is 0. The fourth-order valence-electron chi connectivity index (χ4n) is 3.10. The summed E-state index contributed by atoms with van der Waals surface area (Å²) in [6, 6.07) is 7.72. The number of nitrogens with one attached hydrogen (secondary N) is 2. The van der Waals surface area contributed by atoms with Gasteiger partial charge in [0.15, 0.2) is 0 Å². The molecule has 2 rings (SSSR count). The number of fused-ring (bicyclic) bond motifs is 1. The Morgan fingerprint density at radius 3 is 2.50 bits per heavy atom. The zero-order chi connectivity index (χ0) is 20.7. The Balaban J connectivity index is 2.30. The molecule has 2 amide bonds. The molecule has 0 aliphatic rings. The van der Waals surface area contributed by atoms with Crippen molar-refractivity contribution in [1.82, 2.24) is 9.88 Å². The van der Waals surface area contributed by atoms with Gasteiger partial charge in [0, 0.05) is 43.2 Å². The predicted octanol–water partition coefficient (Wildman–Crippen LogP) is 4.05. The van der Waals surface area contributed by atoms with Crippen LogP contribution in [-0.2, 0) is 16.1 Å². The summed E-state index contributed by atoms with van der Waals surface area (Å²) < 4.78 is 7.08. The topological polar surface area (TPSA) is 72.4 Å². The van der Waals surface area contributed by atoms with Gasteiger partial charge in [-0.2, -0.15) is 0 Å². The van der Waals surface area contributed by atoms with Crippen molar-refractivity contribution in [2.75, 3.05) is 25.6 Å². The number of hydrogen-bond donors (Lipinski definition) is 2. The summed E-state index contributed by atoms with van der Waals surface area (Å²) in [5.41, 5.74) is 2.39. The molecule has 0 fully saturated rings. The lowest BCUT2D eigenvalue weighted by Gasteiger charge is -2.13. The molecule has 0 spiro atoms. The van der Waals surface area contributed by atoms with Gasteiger partial charge in [-0.25, -0.2) is 0 Å². The van der Waals surface area contributed by atoms with E-state index in [1.54, 1.807) is 7.11 Å². The monoisotopic (exact) mass is 387 g/mol. The second-order valence-electron chi connectivity index (χ2n) is 8.03. The highest BCUT2D eigenvalue weighted by Crippen LogP contribution is 2.25. The standard InChI is InChI=1S/C22H33N3O3/c1-15(2)8-10-25-19-7-6-18(24-21(26)12-16(3)4)13-17(19)14-20(25)22(27)23-9-11-28-5/h6-7,13-16H,8-12H2,1-5H3,(H,23,27)(H,24,26). The predicted molar refractivity (Wildman–Crippen MR) is 114 cm³/mol. The quantitative estimate of drug-likeness (QED) is 0.604. The maximum absolute atomic E-state index is 12.7. The highest BCUT2D eigenvalue weighted by Gasteiger charge is 2.16. The van der Waals surface area contributed by atoms with E-state index < -0.39 is 0 Å². The second kappa shape index (κ2) is 10.3. The van der Waals surface area contributed by atoms with Crippen LogP contribution in [0.4, 0.5) is 5.69 Å². The van der Waals surface area contributed by atoms with E-state index in [0.29, 0.717) is 37.1 Å². The number of carbonyl (C=O) groups excluding carboxylic acids is 2. The lowest BCUT2D eigenvalue weighted by molar-refractivity contribution is -0.116. The van der Waals surface area contributed by atoms with Crippen molar-refractivity contribution < 1.29 is 14.3 Å². The van der Waals surface area contributed by atoms with E-state index in [4.69, 9.17) is 4.74 Å². The molecule has 0 atom stereocenters. The summed E-state index contributed by atoms with van der Waals surface area (Å²) in [4.78, 5) is 24.8. The van der Waals surface area contributed by atoms with Crippen molar-refractivity contribution in [3.63, 3.8) is 0 Å². The molecule has 2 aromatic rings. The van der Waals surface area contributed by atoms with E-state index in [2.05, 4.69) is 29.0 Å². The number of anilines is 1. The van der Waals surface area contributed by atoms with Crippen molar-refractivity contribution in [2.24, 2.45) is 11.8 Å². The summed E-state index contributed by atoms with van der Waals surface area (Å²) in [5.74, 6) is 0.744. The Morgan fingerprint density at radius 1 is 1.11 bits per heavy atom. The van der Waals surface area contributed by atoms with Crippen LogP contribution in [0.15, 0.2) is 24.3 Å². The molecule has 28 heavy (non-hydrogen) atoms. The number of amides is 2. The molecule has 0 saturated carbocycles. The Hall–Kier alpha value is -2.34. The van der Waals surface area contributed by atoms with Crippen LogP contribution in [0.25, 0.3) is 10.9 Å². The van der Waals surface area contributed by atoms with Crippen LogP contribution in [0.1, 0.15) is 51.0 Å². The third kappa shape index (κ3) is 6.09. The van der Waals surface area contributed by atoms with Crippen molar-refractivity contribution in [2.45, 2.75) is 47.1 Å². The highest BCUT2D eigenvalue weighted by atomic mass is 16.5. The third-order valence-corrected chi connectivity index (χ3v) is 4.53. The van der Waals surface area contributed by atoms with Gasteiger partial charge in [0.1, 0.15) is 5.69 Å². The van der Waals surface area contributed by atoms with Crippen molar-refractivity contribution >= 4 is 28.4 Å². The minimum Gasteiger partial charge on any atom is -0.383 e. The fourth-order valence-corrected chi connectivity index (χ4v) is 3.10. The minimum atomic E-state index is -0.109. The molecule has 154 valence electrons. The number of methoxy groups -OCH3 is 1. The first-order chi connectivity index (χ1) is 13.3. The number of ether oxygens (including phenoxy) is 1. The summed E-state index contributed by atoms with van der Waals surface area (Å²) in [7, 11) is 1.61. The van der Waals surface area contributed by atoms with E-state index in [9.17, 15) is 9.59 Å². The molecule has 0 unspecified atom stereocenters. The summed E-state index contributed by atoms with van der Waals surface area (Å²) in [6.45, 7) is 10.1. The molecule has 6 nitrogen and oxygen atoms in total. The van der Waals surface area contributed by atoms with Crippen molar-refractivity contribution in [3.8, 4) is 0 Å². The van der Waals surface area contributed by atoms with Gasteiger partial charge in [-0.3, -0.25) is 9.59 Å². The van der Waals surface area contributed by atoms with E-state index in [-0.39, 0.29) is 11.8 Å². The fraction of sp³-hybridized carbons (Fsp3) is 0.545. The van der Waals surface area contributed by atoms with E-state index in [0.717, 1.165) is 29.6 Å². The van der Waals surface area contributed by atoms with Crippen LogP contribution in [0.5, 0.6) is 0 Å². The van der Waals surface area contributed by atoms with Gasteiger partial charge in [0.25, 0.3) is 5.91 Å². The van der Waals surface area contributed by atoms with E-state index >= 15 is 0 Å². The van der Waals surface area contributed by atoms with Crippen LogP contribution in [0, 0.1) is 11.8 Å². The average molecular weight is 388 g/mol. The average Bonchev–Trinajstić information content (AvgIpc) is 2.97. The van der Waals surface area contributed by atoms with Gasteiger partial charge >= 0.3 is 0 Å². The molecule has 2 N–H and O–H groups in total. The van der Waals surface area contributed by atoms with Gasteiger partial charge in [-0.1, -0.05) is 27.7 Å². The molecule has 0 aliphatic carbocycles. The first-order valence-corrected chi connectivity index (χ1v) is 10.0. The molecule has 6 heteroatoms. The molecular weight excluding hydrogens is 354 g/mol. The van der Waals surface area contributed by atoms with E-state index in [1.807, 2.05) is 38.1 Å². The summed E-state index contributed by atoms with van der Waals surface area (Å²) in [5, 5.41) is 6.80. The summed E-state index contributed by atoms with van der Waals surface area (Å²) in [6.07, 6.45) is 1.47. The Bertz CT molecular complexity index is 809. The van der Waals surface area contributed by atoms with Gasteiger partial charge in [-0.05, 0) is 42.5 Å². The van der Waals surface area contributed by atoms with Crippen LogP contribution in [0.3, 0.4) is 0 Å². The molecule has 1 heterocycles. The Morgan fingerprint density at radius 2 is 1.86 bits per heavy atom.